The zero-order chi connectivity index (χ0) is 26.9. The van der Waals surface area contributed by atoms with Gasteiger partial charge in [-0.3, -0.25) is 9.59 Å². The molecule has 0 radical (unpaired) electrons. The summed E-state index contributed by atoms with van der Waals surface area (Å²) in [6, 6.07) is 21.9. The quantitative estimate of drug-likeness (QED) is 0.115. The molecule has 0 aliphatic heterocycles. The maximum Gasteiger partial charge on any atom is 0.320 e. The summed E-state index contributed by atoms with van der Waals surface area (Å²) in [6.07, 6.45) is 4.52. The molecule has 7 nitrogen and oxygen atoms in total. The highest BCUT2D eigenvalue weighted by Crippen LogP contribution is 2.29. The van der Waals surface area contributed by atoms with E-state index in [2.05, 4.69) is 4.98 Å². The van der Waals surface area contributed by atoms with Crippen LogP contribution < -0.4 is 4.74 Å². The average molecular weight is 516 g/mol. The van der Waals surface area contributed by atoms with Crippen molar-refractivity contribution < 1.29 is 28.6 Å². The molecule has 2 unspecified atom stereocenters. The fourth-order valence-corrected chi connectivity index (χ4v) is 4.11. The van der Waals surface area contributed by atoms with Crippen molar-refractivity contribution in [3.63, 3.8) is 0 Å². The van der Waals surface area contributed by atoms with E-state index in [-0.39, 0.29) is 12.5 Å². The molecule has 1 aromatic heterocycles. The second-order valence-electron chi connectivity index (χ2n) is 9.36. The van der Waals surface area contributed by atoms with Gasteiger partial charge in [0.15, 0.2) is 11.7 Å². The number of hydrogen-bond donors (Lipinski definition) is 1. The first-order valence-electron chi connectivity index (χ1n) is 13.1. The summed E-state index contributed by atoms with van der Waals surface area (Å²) in [5.74, 6) is -0.821. The molecule has 0 saturated heterocycles. The minimum absolute atomic E-state index is 0.264. The molecule has 0 saturated carbocycles. The van der Waals surface area contributed by atoms with Gasteiger partial charge in [0, 0.05) is 11.1 Å². The van der Waals surface area contributed by atoms with Crippen LogP contribution >= 0.6 is 0 Å². The number of carboxylic acid groups (broad SMARTS) is 1. The van der Waals surface area contributed by atoms with Gasteiger partial charge in [0.25, 0.3) is 0 Å². The van der Waals surface area contributed by atoms with Crippen LogP contribution in [0.1, 0.15) is 46.0 Å². The van der Waals surface area contributed by atoms with Crippen LogP contribution in [0.15, 0.2) is 77.3 Å². The van der Waals surface area contributed by atoms with E-state index in [1.54, 1.807) is 13.1 Å². The predicted octanol–water partition coefficient (Wildman–Crippen LogP) is 7.14. The Morgan fingerprint density at radius 1 is 0.947 bits per heavy atom. The minimum Gasteiger partial charge on any atom is -0.494 e. The number of rotatable bonds is 13. The molecule has 0 bridgehead atoms. The van der Waals surface area contributed by atoms with Crippen molar-refractivity contribution in [2.24, 2.45) is 5.92 Å². The third-order valence-corrected chi connectivity index (χ3v) is 6.50. The lowest BCUT2D eigenvalue weighted by Crippen LogP contribution is -2.28. The van der Waals surface area contributed by atoms with Gasteiger partial charge in [0.2, 0.25) is 5.89 Å². The van der Waals surface area contributed by atoms with E-state index in [1.165, 1.54) is 0 Å². The van der Waals surface area contributed by atoms with Crippen LogP contribution in [-0.4, -0.2) is 34.7 Å². The minimum atomic E-state index is -1.13. The highest BCUT2D eigenvalue weighted by Gasteiger charge is 2.28. The van der Waals surface area contributed by atoms with E-state index in [0.29, 0.717) is 25.3 Å². The number of carboxylic acids is 1. The number of oxazole rings is 1. The number of fused-ring (bicyclic) bond motifs is 1. The van der Waals surface area contributed by atoms with Crippen molar-refractivity contribution in [3.8, 4) is 28.5 Å². The maximum absolute atomic E-state index is 12.1. The molecule has 0 aliphatic carbocycles. The van der Waals surface area contributed by atoms with Gasteiger partial charge in [0.1, 0.15) is 5.75 Å². The fourth-order valence-electron chi connectivity index (χ4n) is 4.11. The van der Waals surface area contributed by atoms with E-state index >= 15 is 0 Å². The van der Waals surface area contributed by atoms with Crippen LogP contribution in [0.25, 0.3) is 33.6 Å². The Bertz CT molecular complexity index is 1360. The van der Waals surface area contributed by atoms with Gasteiger partial charge in [0.05, 0.1) is 18.9 Å². The number of aliphatic carboxylic acids is 1. The molecule has 7 heteroatoms. The van der Waals surface area contributed by atoms with Crippen molar-refractivity contribution >= 4 is 22.7 Å². The van der Waals surface area contributed by atoms with Crippen LogP contribution in [0.3, 0.4) is 0 Å². The summed E-state index contributed by atoms with van der Waals surface area (Å²) in [5, 5.41) is 11.5. The number of carbonyl (C=O) groups excluding carboxylic acids is 1. The molecular formula is C31H33NO6. The Morgan fingerprint density at radius 2 is 1.71 bits per heavy atom. The van der Waals surface area contributed by atoms with Crippen molar-refractivity contribution in [2.45, 2.75) is 52.1 Å². The summed E-state index contributed by atoms with van der Waals surface area (Å²) in [5.41, 5.74) is 1.89. The SMILES string of the molecule is CCC(C)OC(=O)C(CCCCCOc1ccc2cc(-c3ncc(-c4ccccc4)o3)ccc2c1)C(=O)O. The van der Waals surface area contributed by atoms with E-state index < -0.39 is 17.9 Å². The Morgan fingerprint density at radius 3 is 2.47 bits per heavy atom. The Labute approximate surface area is 222 Å². The molecular weight excluding hydrogens is 482 g/mol. The van der Waals surface area contributed by atoms with Gasteiger partial charge in [-0.1, -0.05) is 62.2 Å². The molecule has 0 amide bonds. The van der Waals surface area contributed by atoms with Gasteiger partial charge in [-0.2, -0.15) is 0 Å². The molecule has 0 fully saturated rings. The highest BCUT2D eigenvalue weighted by atomic mass is 16.5. The lowest BCUT2D eigenvalue weighted by atomic mass is 10.0. The van der Waals surface area contributed by atoms with Crippen molar-refractivity contribution in [2.75, 3.05) is 6.61 Å². The number of benzene rings is 3. The predicted molar refractivity (Wildman–Crippen MR) is 146 cm³/mol. The van der Waals surface area contributed by atoms with Crippen molar-refractivity contribution in [1.29, 1.82) is 0 Å². The van der Waals surface area contributed by atoms with Gasteiger partial charge in [-0.15, -0.1) is 0 Å². The third-order valence-electron chi connectivity index (χ3n) is 6.50. The van der Waals surface area contributed by atoms with Crippen LogP contribution in [0.2, 0.25) is 0 Å². The first-order chi connectivity index (χ1) is 18.4. The summed E-state index contributed by atoms with van der Waals surface area (Å²) in [4.78, 5) is 28.0. The van der Waals surface area contributed by atoms with Crippen LogP contribution in [0.4, 0.5) is 0 Å². The lowest BCUT2D eigenvalue weighted by Gasteiger charge is -2.15. The van der Waals surface area contributed by atoms with E-state index in [4.69, 9.17) is 13.9 Å². The summed E-state index contributed by atoms with van der Waals surface area (Å²) in [7, 11) is 0. The lowest BCUT2D eigenvalue weighted by molar-refractivity contribution is -0.162. The molecule has 1 N–H and O–H groups in total. The number of esters is 1. The first kappa shape index (κ1) is 26.9. The van der Waals surface area contributed by atoms with Crippen LogP contribution in [0.5, 0.6) is 5.75 Å². The van der Waals surface area contributed by atoms with E-state index in [1.807, 2.05) is 73.7 Å². The standard InChI is InChI=1S/C31H33NO6/c1-3-21(2)37-31(35)27(30(33)34)12-8-5-9-17-36-26-16-15-23-18-25(14-13-24(23)19-26)29-32-20-28(38-29)22-10-6-4-7-11-22/h4,6-7,10-11,13-16,18-21,27H,3,5,8-9,12,17H2,1-2H3,(H,33,34). The first-order valence-corrected chi connectivity index (χ1v) is 13.1. The average Bonchev–Trinajstić information content (AvgIpc) is 3.43. The van der Waals surface area contributed by atoms with Gasteiger partial charge < -0.3 is 19.0 Å². The Kier molecular flexibility index (Phi) is 9.14. The smallest absolute Gasteiger partial charge is 0.320 e. The Hall–Kier alpha value is -4.13. The molecule has 38 heavy (non-hydrogen) atoms. The zero-order valence-electron chi connectivity index (χ0n) is 21.8. The molecule has 0 spiro atoms. The monoisotopic (exact) mass is 515 g/mol. The maximum atomic E-state index is 12.1. The van der Waals surface area contributed by atoms with Crippen molar-refractivity contribution in [1.82, 2.24) is 4.98 Å². The third kappa shape index (κ3) is 7.00. The molecule has 0 aliphatic rings. The van der Waals surface area contributed by atoms with E-state index in [9.17, 15) is 14.7 Å². The number of hydrogen-bond acceptors (Lipinski definition) is 6. The van der Waals surface area contributed by atoms with Crippen molar-refractivity contribution in [3.05, 3.63) is 72.9 Å². The number of nitrogens with zero attached hydrogens (tertiary/aromatic N) is 1. The molecule has 2 atom stereocenters. The molecule has 3 aromatic carbocycles. The number of aromatic nitrogens is 1. The summed E-state index contributed by atoms with van der Waals surface area (Å²) >= 11 is 0. The zero-order valence-corrected chi connectivity index (χ0v) is 21.8. The molecule has 4 rings (SSSR count). The van der Waals surface area contributed by atoms with Crippen LogP contribution in [-0.2, 0) is 14.3 Å². The van der Waals surface area contributed by atoms with Gasteiger partial charge in [-0.05, 0) is 61.2 Å². The Balaban J connectivity index is 1.26. The number of unbranched alkanes of at least 4 members (excludes halogenated alkanes) is 2. The fraction of sp³-hybridized carbons (Fsp3) is 0.323. The molecule has 4 aromatic rings. The summed E-state index contributed by atoms with van der Waals surface area (Å²) < 4.78 is 17.1. The largest absolute Gasteiger partial charge is 0.494 e. The van der Waals surface area contributed by atoms with Gasteiger partial charge in [-0.25, -0.2) is 4.98 Å². The second-order valence-corrected chi connectivity index (χ2v) is 9.36. The normalized spacial score (nSPS) is 12.7. The molecule has 1 heterocycles. The van der Waals surface area contributed by atoms with Gasteiger partial charge >= 0.3 is 11.9 Å². The van der Waals surface area contributed by atoms with Crippen LogP contribution in [0, 0.1) is 5.92 Å². The second kappa shape index (κ2) is 12.9. The summed E-state index contributed by atoms with van der Waals surface area (Å²) in [6.45, 7) is 4.16. The highest BCUT2D eigenvalue weighted by molar-refractivity contribution is 5.94. The number of ether oxygens (including phenoxy) is 2. The van der Waals surface area contributed by atoms with E-state index in [0.717, 1.165) is 46.3 Å². The molecule has 198 valence electrons. The number of carbonyl (C=O) groups is 2. The topological polar surface area (TPSA) is 98.9 Å².